The molecule has 1 heteroatoms. The fraction of sp³-hybridized carbons (Fsp3) is 0. The molecule has 2 aromatic carbocycles. The zero-order chi connectivity index (χ0) is 20.8. The molecule has 0 aliphatic carbocycles. The molecule has 17 heavy (non-hydrogen) atoms. The number of hydrogen-bond acceptors (Lipinski definition) is 1. The van der Waals surface area contributed by atoms with E-state index in [1.165, 1.54) is 0 Å². The lowest BCUT2D eigenvalue weighted by molar-refractivity contribution is 1.65. The van der Waals surface area contributed by atoms with Gasteiger partial charge in [-0.25, -0.2) is 0 Å². The Morgan fingerprint density at radius 1 is 0.765 bits per heavy atom. The molecule has 0 aliphatic heterocycles. The average Bonchev–Trinajstić information content (AvgIpc) is 2.61. The predicted molar refractivity (Wildman–Crippen MR) is 78.5 cm³/mol. The lowest BCUT2D eigenvalue weighted by Gasteiger charge is -2.08. The van der Waals surface area contributed by atoms with Crippen molar-refractivity contribution in [3.8, 4) is 0 Å². The third kappa shape index (κ3) is 3.11. The van der Waals surface area contributed by atoms with E-state index < -0.39 is 60.4 Å². The Morgan fingerprint density at radius 2 is 1.12 bits per heavy atom. The van der Waals surface area contributed by atoms with Gasteiger partial charge in [-0.15, -0.1) is 0 Å². The SMILES string of the molecule is [2H]c1c([2H])c([2H])c(C(=C)SC(=C)c2c([2H])c([2H])c([2H])c([2H])c2[2H])c([2H])c1[2H]. The molecule has 0 fully saturated rings. The molecule has 0 N–H and O–H groups in total. The lowest BCUT2D eigenvalue weighted by atomic mass is 10.2. The maximum atomic E-state index is 7.96. The first kappa shape index (κ1) is 4.51. The van der Waals surface area contributed by atoms with Gasteiger partial charge in [-0.2, -0.15) is 0 Å². The van der Waals surface area contributed by atoms with Crippen molar-refractivity contribution in [2.75, 3.05) is 0 Å². The van der Waals surface area contributed by atoms with E-state index in [-0.39, 0.29) is 20.9 Å². The highest BCUT2D eigenvalue weighted by molar-refractivity contribution is 8.16. The second-order valence-corrected chi connectivity index (χ2v) is 4.14. The Kier molecular flexibility index (Phi) is 1.47. The van der Waals surface area contributed by atoms with Crippen molar-refractivity contribution in [3.05, 3.63) is 84.7 Å². The number of thioether (sulfide) groups is 1. The molecule has 0 spiro atoms. The van der Waals surface area contributed by atoms with Crippen LogP contribution in [0.4, 0.5) is 0 Å². The molecule has 0 radical (unpaired) electrons. The summed E-state index contributed by atoms with van der Waals surface area (Å²) in [4.78, 5) is 0.118. The summed E-state index contributed by atoms with van der Waals surface area (Å²) in [6.07, 6.45) is 0. The molecular weight excluding hydrogens is 224 g/mol. The van der Waals surface area contributed by atoms with Crippen molar-refractivity contribution in [3.63, 3.8) is 0 Å². The summed E-state index contributed by atoms with van der Waals surface area (Å²) < 4.78 is 77.9. The first-order valence-corrected chi connectivity index (χ1v) is 5.43. The smallest absolute Gasteiger partial charge is 0.0629 e. The molecule has 0 aromatic heterocycles. The van der Waals surface area contributed by atoms with Crippen LogP contribution in [-0.2, 0) is 0 Å². The Hall–Kier alpha value is -1.73. The summed E-state index contributed by atoms with van der Waals surface area (Å²) in [5.41, 5.74) is -0.251. The van der Waals surface area contributed by atoms with Gasteiger partial charge in [0.25, 0.3) is 0 Å². The quantitative estimate of drug-likeness (QED) is 0.728. The molecule has 2 rings (SSSR count). The summed E-state index contributed by atoms with van der Waals surface area (Å²) in [6, 6.07) is -4.86. The van der Waals surface area contributed by atoms with Crippen molar-refractivity contribution in [2.24, 2.45) is 0 Å². The predicted octanol–water partition coefficient (Wildman–Crippen LogP) is 5.06. The summed E-state index contributed by atoms with van der Waals surface area (Å²) in [5.74, 6) is 0. The van der Waals surface area contributed by atoms with Crippen molar-refractivity contribution < 1.29 is 13.7 Å². The molecule has 0 aliphatic rings. The summed E-state index contributed by atoms with van der Waals surface area (Å²) in [5, 5.41) is 0. The van der Waals surface area contributed by atoms with E-state index in [1.807, 2.05) is 0 Å². The van der Waals surface area contributed by atoms with E-state index in [4.69, 9.17) is 13.7 Å². The maximum absolute atomic E-state index is 7.96. The first-order valence-electron chi connectivity index (χ1n) is 9.62. The minimum atomic E-state index is -0.531. The Balaban J connectivity index is 2.52. The summed E-state index contributed by atoms with van der Waals surface area (Å²) in [7, 11) is 0. The van der Waals surface area contributed by atoms with Gasteiger partial charge in [0.2, 0.25) is 0 Å². The van der Waals surface area contributed by atoms with Crippen LogP contribution in [0.5, 0.6) is 0 Å². The molecular formula is C16H14S. The van der Waals surface area contributed by atoms with Gasteiger partial charge < -0.3 is 0 Å². The van der Waals surface area contributed by atoms with Crippen LogP contribution in [0.15, 0.2) is 73.6 Å². The minimum Gasteiger partial charge on any atom is -0.0901 e. The average molecular weight is 248 g/mol. The van der Waals surface area contributed by atoms with Gasteiger partial charge in [0.1, 0.15) is 0 Å². The summed E-state index contributed by atoms with van der Waals surface area (Å²) >= 11 is 0.784. The van der Waals surface area contributed by atoms with Gasteiger partial charge in [-0.1, -0.05) is 85.3 Å². The Bertz CT molecular complexity index is 858. The molecule has 0 atom stereocenters. The van der Waals surface area contributed by atoms with E-state index in [0.29, 0.717) is 0 Å². The van der Waals surface area contributed by atoms with Crippen molar-refractivity contribution in [1.82, 2.24) is 0 Å². The van der Waals surface area contributed by atoms with Crippen LogP contribution in [0, 0.1) is 0 Å². The second kappa shape index (κ2) is 5.55. The van der Waals surface area contributed by atoms with Crippen molar-refractivity contribution >= 4 is 21.6 Å². The van der Waals surface area contributed by atoms with Gasteiger partial charge in [0.15, 0.2) is 0 Å². The minimum absolute atomic E-state index is 0.0591. The van der Waals surface area contributed by atoms with Crippen LogP contribution < -0.4 is 0 Å². The number of rotatable bonds is 4. The molecule has 0 nitrogen and oxygen atoms in total. The van der Waals surface area contributed by atoms with Gasteiger partial charge >= 0.3 is 0 Å². The van der Waals surface area contributed by atoms with Crippen LogP contribution in [0.25, 0.3) is 9.81 Å². The lowest BCUT2D eigenvalue weighted by Crippen LogP contribution is -1.80. The van der Waals surface area contributed by atoms with E-state index in [0.717, 1.165) is 11.8 Å². The molecule has 0 saturated heterocycles. The van der Waals surface area contributed by atoms with Crippen LogP contribution >= 0.6 is 11.8 Å². The molecule has 2 aromatic rings. The highest BCUT2D eigenvalue weighted by atomic mass is 32.2. The van der Waals surface area contributed by atoms with Crippen LogP contribution in [0.1, 0.15) is 24.8 Å². The van der Waals surface area contributed by atoms with Gasteiger partial charge in [0, 0.05) is 9.81 Å². The third-order valence-corrected chi connectivity index (χ3v) is 2.71. The largest absolute Gasteiger partial charge is 0.0901 e. The van der Waals surface area contributed by atoms with Gasteiger partial charge in [0.05, 0.1) is 13.7 Å². The maximum Gasteiger partial charge on any atom is 0.0629 e. The molecule has 0 heterocycles. The van der Waals surface area contributed by atoms with Gasteiger partial charge in [-0.3, -0.25) is 0 Å². The molecule has 0 unspecified atom stereocenters. The van der Waals surface area contributed by atoms with E-state index in [9.17, 15) is 0 Å². The second-order valence-electron chi connectivity index (χ2n) is 2.95. The van der Waals surface area contributed by atoms with Crippen LogP contribution in [-0.4, -0.2) is 0 Å². The molecule has 0 saturated carbocycles. The zero-order valence-corrected chi connectivity index (χ0v) is 9.64. The normalized spacial score (nSPS) is 18.1. The zero-order valence-electron chi connectivity index (χ0n) is 18.8. The Labute approximate surface area is 121 Å². The molecule has 84 valence electrons. The fourth-order valence-corrected chi connectivity index (χ4v) is 1.74. The van der Waals surface area contributed by atoms with E-state index in [1.54, 1.807) is 0 Å². The third-order valence-electron chi connectivity index (χ3n) is 1.80. The van der Waals surface area contributed by atoms with Crippen molar-refractivity contribution in [1.29, 1.82) is 0 Å². The summed E-state index contributed by atoms with van der Waals surface area (Å²) in [6.45, 7) is 7.45. The monoisotopic (exact) mass is 248 g/mol. The fourth-order valence-electron chi connectivity index (χ4n) is 1.03. The first-order chi connectivity index (χ1) is 12.4. The molecule has 0 amide bonds. The Morgan fingerprint density at radius 3 is 1.47 bits per heavy atom. The van der Waals surface area contributed by atoms with Gasteiger partial charge in [-0.05, 0) is 11.1 Å². The number of hydrogen-bond donors (Lipinski definition) is 0. The topological polar surface area (TPSA) is 0 Å². The van der Waals surface area contributed by atoms with E-state index >= 15 is 0 Å². The highest BCUT2D eigenvalue weighted by Gasteiger charge is 2.03. The number of benzene rings is 2. The van der Waals surface area contributed by atoms with Crippen molar-refractivity contribution in [2.45, 2.75) is 0 Å². The van der Waals surface area contributed by atoms with Crippen LogP contribution in [0.2, 0.25) is 0 Å². The van der Waals surface area contributed by atoms with Crippen LogP contribution in [0.3, 0.4) is 0 Å². The molecule has 0 bridgehead atoms. The highest BCUT2D eigenvalue weighted by Crippen LogP contribution is 2.36. The van der Waals surface area contributed by atoms with E-state index in [2.05, 4.69) is 13.2 Å². The standard InChI is InChI=1S/C16H14S/c1-13(15-9-5-3-6-10-15)17-14(2)16-11-7-4-8-12-16/h3-12H,1-2H2/i3D,4D,5D,6D,7D,8D,9D,10D,11D,12D.